The normalized spacial score (nSPS) is 10.3. The standard InChI is InChI=1S/C15H17BrN2O/c1-10-4-5-12(14(6-10)19-3)8-17-15-7-11(2)13(16)9-18-15/h4-7,9H,8H2,1-3H3,(H,17,18). The molecule has 0 unspecified atom stereocenters. The Morgan fingerprint density at radius 2 is 2.05 bits per heavy atom. The van der Waals surface area contributed by atoms with E-state index in [-0.39, 0.29) is 0 Å². The molecule has 1 aromatic heterocycles. The van der Waals surface area contributed by atoms with Crippen molar-refractivity contribution in [3.8, 4) is 5.75 Å². The molecule has 0 aliphatic carbocycles. The van der Waals surface area contributed by atoms with Crippen LogP contribution in [0.15, 0.2) is 34.9 Å². The highest BCUT2D eigenvalue weighted by molar-refractivity contribution is 9.10. The molecule has 4 heteroatoms. The second kappa shape index (κ2) is 6.06. The van der Waals surface area contributed by atoms with Gasteiger partial charge in [-0.25, -0.2) is 4.98 Å². The quantitative estimate of drug-likeness (QED) is 0.921. The van der Waals surface area contributed by atoms with Crippen LogP contribution in [0.5, 0.6) is 5.75 Å². The van der Waals surface area contributed by atoms with Gasteiger partial charge in [-0.3, -0.25) is 0 Å². The average Bonchev–Trinajstić information content (AvgIpc) is 2.41. The molecular formula is C15H17BrN2O. The van der Waals surface area contributed by atoms with Crippen molar-refractivity contribution in [3.63, 3.8) is 0 Å². The summed E-state index contributed by atoms with van der Waals surface area (Å²) in [6.07, 6.45) is 1.81. The summed E-state index contributed by atoms with van der Waals surface area (Å²) in [6, 6.07) is 8.22. The lowest BCUT2D eigenvalue weighted by Crippen LogP contribution is -2.03. The monoisotopic (exact) mass is 320 g/mol. The van der Waals surface area contributed by atoms with Crippen molar-refractivity contribution in [1.82, 2.24) is 4.98 Å². The molecule has 100 valence electrons. The molecule has 0 saturated heterocycles. The zero-order valence-corrected chi connectivity index (χ0v) is 12.9. The van der Waals surface area contributed by atoms with Gasteiger partial charge in [0.15, 0.2) is 0 Å². The van der Waals surface area contributed by atoms with Gasteiger partial charge >= 0.3 is 0 Å². The van der Waals surface area contributed by atoms with Crippen molar-refractivity contribution in [2.45, 2.75) is 20.4 Å². The van der Waals surface area contributed by atoms with Gasteiger partial charge in [-0.2, -0.15) is 0 Å². The number of halogens is 1. The molecule has 0 fully saturated rings. The first kappa shape index (κ1) is 13.9. The lowest BCUT2D eigenvalue weighted by atomic mass is 10.1. The van der Waals surface area contributed by atoms with Crippen molar-refractivity contribution < 1.29 is 4.74 Å². The van der Waals surface area contributed by atoms with Gasteiger partial charge in [0.05, 0.1) is 7.11 Å². The predicted molar refractivity (Wildman–Crippen MR) is 81.7 cm³/mol. The van der Waals surface area contributed by atoms with E-state index in [9.17, 15) is 0 Å². The molecule has 0 saturated carbocycles. The van der Waals surface area contributed by atoms with Crippen LogP contribution in [0, 0.1) is 13.8 Å². The number of anilines is 1. The number of nitrogens with one attached hydrogen (secondary N) is 1. The Hall–Kier alpha value is -1.55. The number of pyridine rings is 1. The summed E-state index contributed by atoms with van der Waals surface area (Å²) < 4.78 is 6.41. The van der Waals surface area contributed by atoms with Gasteiger partial charge in [0.25, 0.3) is 0 Å². The highest BCUT2D eigenvalue weighted by atomic mass is 79.9. The summed E-state index contributed by atoms with van der Waals surface area (Å²) in [7, 11) is 1.69. The molecule has 0 aliphatic rings. The number of benzene rings is 1. The minimum absolute atomic E-state index is 0.692. The number of aromatic nitrogens is 1. The topological polar surface area (TPSA) is 34.1 Å². The molecule has 2 rings (SSSR count). The van der Waals surface area contributed by atoms with E-state index in [2.05, 4.69) is 45.3 Å². The number of methoxy groups -OCH3 is 1. The van der Waals surface area contributed by atoms with Crippen LogP contribution in [0.3, 0.4) is 0 Å². The molecule has 1 N–H and O–H groups in total. The van der Waals surface area contributed by atoms with Crippen LogP contribution < -0.4 is 10.1 Å². The highest BCUT2D eigenvalue weighted by Crippen LogP contribution is 2.22. The first-order valence-corrected chi connectivity index (χ1v) is 6.89. The Balaban J connectivity index is 2.12. The summed E-state index contributed by atoms with van der Waals surface area (Å²) in [6.45, 7) is 4.79. The van der Waals surface area contributed by atoms with Gasteiger partial charge in [0, 0.05) is 22.8 Å². The molecule has 0 aliphatic heterocycles. The van der Waals surface area contributed by atoms with E-state index in [1.54, 1.807) is 7.11 Å². The first-order valence-electron chi connectivity index (χ1n) is 6.09. The maximum absolute atomic E-state index is 5.39. The van der Waals surface area contributed by atoms with Crippen LogP contribution in [0.4, 0.5) is 5.82 Å². The maximum Gasteiger partial charge on any atom is 0.126 e. The minimum Gasteiger partial charge on any atom is -0.496 e. The van der Waals surface area contributed by atoms with Gasteiger partial charge in [-0.15, -0.1) is 0 Å². The molecule has 0 amide bonds. The summed E-state index contributed by atoms with van der Waals surface area (Å²) in [5.74, 6) is 1.77. The average molecular weight is 321 g/mol. The van der Waals surface area contributed by atoms with Crippen molar-refractivity contribution >= 4 is 21.7 Å². The molecule has 0 bridgehead atoms. The summed E-state index contributed by atoms with van der Waals surface area (Å²) >= 11 is 3.45. The van der Waals surface area contributed by atoms with E-state index < -0.39 is 0 Å². The summed E-state index contributed by atoms with van der Waals surface area (Å²) in [5.41, 5.74) is 3.47. The van der Waals surface area contributed by atoms with Crippen LogP contribution in [-0.2, 0) is 6.54 Å². The largest absolute Gasteiger partial charge is 0.496 e. The SMILES string of the molecule is COc1cc(C)ccc1CNc1cc(C)c(Br)cn1. The second-order valence-electron chi connectivity index (χ2n) is 4.49. The Morgan fingerprint density at radius 3 is 2.74 bits per heavy atom. The van der Waals surface area contributed by atoms with Gasteiger partial charge in [0.2, 0.25) is 0 Å². The van der Waals surface area contributed by atoms with E-state index in [0.717, 1.165) is 27.2 Å². The molecule has 3 nitrogen and oxygen atoms in total. The Bertz CT molecular complexity index is 584. The van der Waals surface area contributed by atoms with Crippen LogP contribution in [0.1, 0.15) is 16.7 Å². The van der Waals surface area contributed by atoms with E-state index in [1.165, 1.54) is 5.56 Å². The Morgan fingerprint density at radius 1 is 1.26 bits per heavy atom. The highest BCUT2D eigenvalue weighted by Gasteiger charge is 2.04. The van der Waals surface area contributed by atoms with Crippen LogP contribution in [0.25, 0.3) is 0 Å². The number of hydrogen-bond donors (Lipinski definition) is 1. The number of nitrogens with zero attached hydrogens (tertiary/aromatic N) is 1. The number of rotatable bonds is 4. The third-order valence-electron chi connectivity index (χ3n) is 2.95. The molecule has 0 atom stereocenters. The fraction of sp³-hybridized carbons (Fsp3) is 0.267. The van der Waals surface area contributed by atoms with Crippen LogP contribution in [-0.4, -0.2) is 12.1 Å². The zero-order chi connectivity index (χ0) is 13.8. The molecule has 0 radical (unpaired) electrons. The van der Waals surface area contributed by atoms with E-state index in [1.807, 2.05) is 25.3 Å². The van der Waals surface area contributed by atoms with Gasteiger partial charge < -0.3 is 10.1 Å². The predicted octanol–water partition coefficient (Wildman–Crippen LogP) is 4.08. The van der Waals surface area contributed by atoms with Crippen LogP contribution >= 0.6 is 15.9 Å². The fourth-order valence-electron chi connectivity index (χ4n) is 1.82. The Kier molecular flexibility index (Phi) is 4.43. The summed E-state index contributed by atoms with van der Waals surface area (Å²) in [4.78, 5) is 4.33. The number of aryl methyl sites for hydroxylation is 2. The fourth-order valence-corrected chi connectivity index (χ4v) is 2.04. The van der Waals surface area contributed by atoms with Crippen molar-refractivity contribution in [1.29, 1.82) is 0 Å². The molecule has 1 aromatic carbocycles. The van der Waals surface area contributed by atoms with E-state index >= 15 is 0 Å². The second-order valence-corrected chi connectivity index (χ2v) is 5.34. The lowest BCUT2D eigenvalue weighted by Gasteiger charge is -2.11. The molecule has 0 spiro atoms. The van der Waals surface area contributed by atoms with Crippen LogP contribution in [0.2, 0.25) is 0 Å². The van der Waals surface area contributed by atoms with Gasteiger partial charge in [0.1, 0.15) is 11.6 Å². The first-order chi connectivity index (χ1) is 9.10. The smallest absolute Gasteiger partial charge is 0.126 e. The molecule has 1 heterocycles. The minimum atomic E-state index is 0.692. The molecule has 19 heavy (non-hydrogen) atoms. The van der Waals surface area contributed by atoms with Crippen molar-refractivity contribution in [2.24, 2.45) is 0 Å². The molecular weight excluding hydrogens is 304 g/mol. The number of ether oxygens (including phenoxy) is 1. The maximum atomic E-state index is 5.39. The van der Waals surface area contributed by atoms with E-state index in [4.69, 9.17) is 4.74 Å². The van der Waals surface area contributed by atoms with E-state index in [0.29, 0.717) is 6.54 Å². The van der Waals surface area contributed by atoms with Gasteiger partial charge in [-0.1, -0.05) is 12.1 Å². The Labute approximate surface area is 122 Å². The summed E-state index contributed by atoms with van der Waals surface area (Å²) in [5, 5.41) is 3.31. The zero-order valence-electron chi connectivity index (χ0n) is 11.3. The third-order valence-corrected chi connectivity index (χ3v) is 3.78. The molecule has 2 aromatic rings. The number of hydrogen-bond acceptors (Lipinski definition) is 3. The van der Waals surface area contributed by atoms with Crippen molar-refractivity contribution in [3.05, 3.63) is 51.6 Å². The third kappa shape index (κ3) is 3.47. The lowest BCUT2D eigenvalue weighted by molar-refractivity contribution is 0.410. The van der Waals surface area contributed by atoms with Gasteiger partial charge in [-0.05, 0) is 53.0 Å². The van der Waals surface area contributed by atoms with Crippen molar-refractivity contribution in [2.75, 3.05) is 12.4 Å².